The monoisotopic (exact) mass is 292 g/mol. The van der Waals surface area contributed by atoms with E-state index in [1.54, 1.807) is 18.2 Å². The van der Waals surface area contributed by atoms with Crippen molar-refractivity contribution < 1.29 is 13.2 Å². The van der Waals surface area contributed by atoms with E-state index in [0.717, 1.165) is 17.8 Å². The number of hydrogen-bond donors (Lipinski definition) is 1. The minimum Gasteiger partial charge on any atom is -0.399 e. The third kappa shape index (κ3) is 2.31. The van der Waals surface area contributed by atoms with E-state index in [-0.39, 0.29) is 0 Å². The summed E-state index contributed by atoms with van der Waals surface area (Å²) >= 11 is 0. The number of nitrogen functional groups attached to an aromatic ring is 1. The molecule has 2 aromatic heterocycles. The highest BCUT2D eigenvalue weighted by molar-refractivity contribution is 5.64. The van der Waals surface area contributed by atoms with Crippen molar-refractivity contribution in [2.24, 2.45) is 0 Å². The summed E-state index contributed by atoms with van der Waals surface area (Å²) in [4.78, 5) is 0. The van der Waals surface area contributed by atoms with Gasteiger partial charge in [0.1, 0.15) is 0 Å². The van der Waals surface area contributed by atoms with Crippen LogP contribution < -0.4 is 5.73 Å². The van der Waals surface area contributed by atoms with Crippen LogP contribution in [0, 0.1) is 6.92 Å². The van der Waals surface area contributed by atoms with Crippen molar-refractivity contribution >= 4 is 11.3 Å². The van der Waals surface area contributed by atoms with Crippen molar-refractivity contribution in [1.82, 2.24) is 14.6 Å². The third-order valence-electron chi connectivity index (χ3n) is 3.26. The fourth-order valence-electron chi connectivity index (χ4n) is 2.07. The molecule has 7 heteroatoms. The number of benzene rings is 1. The van der Waals surface area contributed by atoms with Crippen molar-refractivity contribution in [3.05, 3.63) is 47.7 Å². The zero-order chi connectivity index (χ0) is 15.2. The van der Waals surface area contributed by atoms with E-state index in [2.05, 4.69) is 10.2 Å². The number of alkyl halides is 3. The van der Waals surface area contributed by atoms with Crippen molar-refractivity contribution in [2.45, 2.75) is 13.1 Å². The molecule has 0 radical (unpaired) electrons. The molecule has 0 saturated heterocycles. The quantitative estimate of drug-likeness (QED) is 0.700. The summed E-state index contributed by atoms with van der Waals surface area (Å²) in [5.41, 5.74) is 7.46. The van der Waals surface area contributed by atoms with Crippen molar-refractivity contribution in [1.29, 1.82) is 0 Å². The lowest BCUT2D eigenvalue weighted by Crippen LogP contribution is -2.06. The summed E-state index contributed by atoms with van der Waals surface area (Å²) in [6.07, 6.45) is -3.41. The Bertz CT molecular complexity index is 821. The van der Waals surface area contributed by atoms with Crippen molar-refractivity contribution in [3.63, 3.8) is 0 Å². The molecule has 0 aliphatic carbocycles. The van der Waals surface area contributed by atoms with Gasteiger partial charge < -0.3 is 5.73 Å². The molecule has 0 spiro atoms. The summed E-state index contributed by atoms with van der Waals surface area (Å²) in [6.45, 7) is 1.82. The first-order chi connectivity index (χ1) is 9.86. The van der Waals surface area contributed by atoms with Crippen LogP contribution in [0.1, 0.15) is 11.1 Å². The maximum atomic E-state index is 12.8. The molecule has 0 unspecified atom stereocenters. The Labute approximate surface area is 118 Å². The molecule has 4 nitrogen and oxygen atoms in total. The van der Waals surface area contributed by atoms with Crippen LogP contribution in [0.3, 0.4) is 0 Å². The Hall–Kier alpha value is -2.57. The standard InChI is InChI=1S/C14H11F3N4/c1-8-6-9(2-4-11(8)18)13-20-19-12-5-3-10(7-21(12)13)14(15,16)17/h2-7H,18H2,1H3. The molecular weight excluding hydrogens is 281 g/mol. The summed E-state index contributed by atoms with van der Waals surface area (Å²) < 4.78 is 39.7. The second-order valence-electron chi connectivity index (χ2n) is 4.74. The predicted molar refractivity (Wildman–Crippen MR) is 72.6 cm³/mol. The number of nitrogens with two attached hydrogens (primary N) is 1. The lowest BCUT2D eigenvalue weighted by molar-refractivity contribution is -0.137. The van der Waals surface area contributed by atoms with Gasteiger partial charge in [-0.05, 0) is 42.8 Å². The Kier molecular flexibility index (Phi) is 2.86. The van der Waals surface area contributed by atoms with Crippen LogP contribution in [0.4, 0.5) is 18.9 Å². The van der Waals surface area contributed by atoms with E-state index >= 15 is 0 Å². The number of anilines is 1. The molecule has 1 aromatic carbocycles. The van der Waals surface area contributed by atoms with E-state index in [1.165, 1.54) is 10.5 Å². The van der Waals surface area contributed by atoms with Gasteiger partial charge in [0.15, 0.2) is 11.5 Å². The number of nitrogens with zero attached hydrogens (tertiary/aromatic N) is 3. The Balaban J connectivity index is 2.20. The number of halogens is 3. The number of aryl methyl sites for hydroxylation is 1. The summed E-state index contributed by atoms with van der Waals surface area (Å²) in [5.74, 6) is 0.346. The molecule has 2 N–H and O–H groups in total. The lowest BCUT2D eigenvalue weighted by Gasteiger charge is -2.08. The van der Waals surface area contributed by atoms with Crippen LogP contribution in [0.5, 0.6) is 0 Å². The molecule has 3 aromatic rings. The molecule has 108 valence electrons. The zero-order valence-corrected chi connectivity index (χ0v) is 11.0. The number of pyridine rings is 1. The SMILES string of the molecule is Cc1cc(-c2nnc3ccc(C(F)(F)F)cn23)ccc1N. The first kappa shape index (κ1) is 13.4. The maximum Gasteiger partial charge on any atom is 0.417 e. The summed E-state index contributed by atoms with van der Waals surface area (Å²) in [7, 11) is 0. The molecule has 0 saturated carbocycles. The van der Waals surface area contributed by atoms with E-state index < -0.39 is 11.7 Å². The van der Waals surface area contributed by atoms with Crippen LogP contribution in [-0.2, 0) is 6.18 Å². The van der Waals surface area contributed by atoms with Crippen LogP contribution in [0.25, 0.3) is 17.0 Å². The Morgan fingerprint density at radius 2 is 1.86 bits per heavy atom. The fraction of sp³-hybridized carbons (Fsp3) is 0.143. The Morgan fingerprint density at radius 1 is 1.10 bits per heavy atom. The van der Waals surface area contributed by atoms with E-state index in [4.69, 9.17) is 5.73 Å². The van der Waals surface area contributed by atoms with Gasteiger partial charge in [-0.25, -0.2) is 0 Å². The summed E-state index contributed by atoms with van der Waals surface area (Å²) in [5, 5.41) is 7.85. The molecule has 0 fully saturated rings. The van der Waals surface area contributed by atoms with Crippen LogP contribution >= 0.6 is 0 Å². The van der Waals surface area contributed by atoms with Gasteiger partial charge >= 0.3 is 6.18 Å². The van der Waals surface area contributed by atoms with Gasteiger partial charge in [0.05, 0.1) is 5.56 Å². The smallest absolute Gasteiger partial charge is 0.399 e. The van der Waals surface area contributed by atoms with Gasteiger partial charge in [-0.15, -0.1) is 10.2 Å². The van der Waals surface area contributed by atoms with Crippen LogP contribution in [0.15, 0.2) is 36.5 Å². The van der Waals surface area contributed by atoms with Gasteiger partial charge in [0, 0.05) is 17.4 Å². The average Bonchev–Trinajstić information content (AvgIpc) is 2.84. The topological polar surface area (TPSA) is 56.2 Å². The highest BCUT2D eigenvalue weighted by Gasteiger charge is 2.31. The molecule has 21 heavy (non-hydrogen) atoms. The number of aromatic nitrogens is 3. The van der Waals surface area contributed by atoms with Crippen LogP contribution in [-0.4, -0.2) is 14.6 Å². The summed E-state index contributed by atoms with van der Waals surface area (Å²) in [6, 6.07) is 7.45. The minimum atomic E-state index is -4.41. The molecular formula is C14H11F3N4. The van der Waals surface area contributed by atoms with E-state index in [0.29, 0.717) is 22.7 Å². The first-order valence-electron chi connectivity index (χ1n) is 6.15. The second-order valence-corrected chi connectivity index (χ2v) is 4.74. The van der Waals surface area contributed by atoms with Crippen LogP contribution in [0.2, 0.25) is 0 Å². The minimum absolute atomic E-state index is 0.346. The van der Waals surface area contributed by atoms with Gasteiger partial charge in [-0.1, -0.05) is 0 Å². The highest BCUT2D eigenvalue weighted by atomic mass is 19.4. The van der Waals surface area contributed by atoms with E-state index in [1.807, 2.05) is 6.92 Å². The molecule has 0 bridgehead atoms. The van der Waals surface area contributed by atoms with Crippen molar-refractivity contribution in [2.75, 3.05) is 5.73 Å². The van der Waals surface area contributed by atoms with Gasteiger partial charge in [-0.2, -0.15) is 13.2 Å². The maximum absolute atomic E-state index is 12.8. The largest absolute Gasteiger partial charge is 0.417 e. The van der Waals surface area contributed by atoms with Crippen molar-refractivity contribution in [3.8, 4) is 11.4 Å². The third-order valence-corrected chi connectivity index (χ3v) is 3.26. The molecule has 0 amide bonds. The van der Waals surface area contributed by atoms with E-state index in [9.17, 15) is 13.2 Å². The predicted octanol–water partition coefficient (Wildman–Crippen LogP) is 3.31. The molecule has 0 aliphatic rings. The zero-order valence-electron chi connectivity index (χ0n) is 11.0. The molecule has 0 aliphatic heterocycles. The average molecular weight is 292 g/mol. The van der Waals surface area contributed by atoms with Gasteiger partial charge in [0.25, 0.3) is 0 Å². The number of fused-ring (bicyclic) bond motifs is 1. The van der Waals surface area contributed by atoms with Gasteiger partial charge in [-0.3, -0.25) is 4.40 Å². The number of rotatable bonds is 1. The highest BCUT2D eigenvalue weighted by Crippen LogP contribution is 2.30. The Morgan fingerprint density at radius 3 is 2.52 bits per heavy atom. The fourth-order valence-corrected chi connectivity index (χ4v) is 2.07. The molecule has 0 atom stereocenters. The second kappa shape index (κ2) is 4.47. The lowest BCUT2D eigenvalue weighted by atomic mass is 10.1. The first-order valence-corrected chi connectivity index (χ1v) is 6.15. The normalized spacial score (nSPS) is 12.0. The number of hydrogen-bond acceptors (Lipinski definition) is 3. The molecule has 3 rings (SSSR count). The van der Waals surface area contributed by atoms with Gasteiger partial charge in [0.2, 0.25) is 0 Å². The molecule has 2 heterocycles.